The fourth-order valence-corrected chi connectivity index (χ4v) is 5.48. The number of carbonyl (C=O) groups excluding carboxylic acids is 1. The van der Waals surface area contributed by atoms with E-state index in [-0.39, 0.29) is 30.2 Å². The molecule has 0 saturated heterocycles. The molecular formula is C21H21FN2O3S2. The summed E-state index contributed by atoms with van der Waals surface area (Å²) in [7, 11) is -3.31. The van der Waals surface area contributed by atoms with Crippen LogP contribution in [0.2, 0.25) is 0 Å². The minimum absolute atomic E-state index is 0.0127. The lowest BCUT2D eigenvalue weighted by atomic mass is 10.2. The molecule has 29 heavy (non-hydrogen) atoms. The predicted octanol–water partition coefficient (Wildman–Crippen LogP) is 3.85. The maximum Gasteiger partial charge on any atom is 0.248 e. The number of hydrogen-bond acceptors (Lipinski definition) is 4. The van der Waals surface area contributed by atoms with Gasteiger partial charge in [0, 0.05) is 13.0 Å². The Hall–Kier alpha value is -2.58. The Bertz CT molecular complexity index is 1200. The summed E-state index contributed by atoms with van der Waals surface area (Å²) in [5.41, 5.74) is 1.11. The Morgan fingerprint density at radius 2 is 1.93 bits per heavy atom. The number of carbonyl (C=O) groups is 1. The molecule has 0 aliphatic rings. The molecule has 0 spiro atoms. The van der Waals surface area contributed by atoms with Gasteiger partial charge < -0.3 is 4.57 Å². The largest absolute Gasteiger partial charge is 0.310 e. The lowest BCUT2D eigenvalue weighted by molar-refractivity contribution is -0.118. The smallest absolute Gasteiger partial charge is 0.248 e. The third-order valence-corrected chi connectivity index (χ3v) is 6.99. The van der Waals surface area contributed by atoms with Crippen LogP contribution >= 0.6 is 11.3 Å². The van der Waals surface area contributed by atoms with Gasteiger partial charge in [0.05, 0.1) is 21.7 Å². The Morgan fingerprint density at radius 1 is 1.17 bits per heavy atom. The van der Waals surface area contributed by atoms with Gasteiger partial charge in [-0.15, -0.1) is 6.58 Å². The highest BCUT2D eigenvalue weighted by atomic mass is 32.2. The van der Waals surface area contributed by atoms with E-state index < -0.39 is 15.7 Å². The zero-order valence-electron chi connectivity index (χ0n) is 15.8. The first kappa shape index (κ1) is 21.1. The molecule has 5 nitrogen and oxygen atoms in total. The number of thiazole rings is 1. The van der Waals surface area contributed by atoms with Gasteiger partial charge in [-0.25, -0.2) is 12.8 Å². The van der Waals surface area contributed by atoms with Gasteiger partial charge in [-0.3, -0.25) is 4.79 Å². The summed E-state index contributed by atoms with van der Waals surface area (Å²) in [5.74, 6) is -0.948. The van der Waals surface area contributed by atoms with Crippen molar-refractivity contribution in [3.8, 4) is 0 Å². The first-order valence-corrected chi connectivity index (χ1v) is 11.7. The molecule has 0 N–H and O–H groups in total. The van der Waals surface area contributed by atoms with Crippen LogP contribution in [-0.4, -0.2) is 24.6 Å². The van der Waals surface area contributed by atoms with E-state index in [9.17, 15) is 17.6 Å². The van der Waals surface area contributed by atoms with Crippen LogP contribution in [0, 0.1) is 5.82 Å². The molecule has 0 aliphatic carbocycles. The minimum Gasteiger partial charge on any atom is -0.310 e. The van der Waals surface area contributed by atoms with Crippen molar-refractivity contribution in [3.05, 3.63) is 77.4 Å². The first-order chi connectivity index (χ1) is 13.9. The van der Waals surface area contributed by atoms with Gasteiger partial charge in [0.25, 0.3) is 0 Å². The molecular weight excluding hydrogens is 411 g/mol. The molecule has 0 atom stereocenters. The van der Waals surface area contributed by atoms with Crippen LogP contribution in [0.25, 0.3) is 10.2 Å². The van der Waals surface area contributed by atoms with Gasteiger partial charge >= 0.3 is 0 Å². The maximum absolute atomic E-state index is 14.2. The third kappa shape index (κ3) is 5.48. The second-order valence-corrected chi connectivity index (χ2v) is 9.75. The molecule has 0 unspecified atom stereocenters. The Labute approximate surface area is 172 Å². The number of halogens is 1. The molecule has 1 amide bonds. The zero-order chi connectivity index (χ0) is 20.9. The maximum atomic E-state index is 14.2. The van der Waals surface area contributed by atoms with E-state index in [1.165, 1.54) is 17.4 Å². The van der Waals surface area contributed by atoms with Crippen molar-refractivity contribution in [1.82, 2.24) is 4.57 Å². The van der Waals surface area contributed by atoms with E-state index in [0.29, 0.717) is 21.6 Å². The summed E-state index contributed by atoms with van der Waals surface area (Å²) in [5, 5.41) is 0. The molecule has 8 heteroatoms. The van der Waals surface area contributed by atoms with Gasteiger partial charge in [-0.2, -0.15) is 4.99 Å². The second-order valence-electron chi connectivity index (χ2n) is 6.56. The minimum atomic E-state index is -3.31. The van der Waals surface area contributed by atoms with Crippen molar-refractivity contribution < 1.29 is 17.6 Å². The van der Waals surface area contributed by atoms with Crippen LogP contribution in [0.15, 0.2) is 66.2 Å². The SMILES string of the molecule is C=CCn1c(=NC(=O)CCCS(=O)(=O)Cc2ccccc2)sc2cccc(F)c21. The number of allylic oxidation sites excluding steroid dienone is 1. The van der Waals surface area contributed by atoms with Crippen molar-refractivity contribution >= 4 is 37.3 Å². The highest BCUT2D eigenvalue weighted by Gasteiger charge is 2.14. The van der Waals surface area contributed by atoms with Gasteiger partial charge in [-0.05, 0) is 24.1 Å². The molecule has 0 fully saturated rings. The first-order valence-electron chi connectivity index (χ1n) is 9.10. The standard InChI is InChI=1S/C21H21FN2O3S2/c1-2-13-24-20-17(22)10-6-11-18(20)28-21(24)23-19(25)12-7-14-29(26,27)15-16-8-4-3-5-9-16/h2-6,8-11H,1,7,12-15H2. The van der Waals surface area contributed by atoms with Crippen molar-refractivity contribution in [2.75, 3.05) is 5.75 Å². The summed E-state index contributed by atoms with van der Waals surface area (Å²) in [6.45, 7) is 3.99. The van der Waals surface area contributed by atoms with Gasteiger partial charge in [0.15, 0.2) is 14.6 Å². The highest BCUT2D eigenvalue weighted by molar-refractivity contribution is 7.90. The molecule has 152 valence electrons. The monoisotopic (exact) mass is 432 g/mol. The third-order valence-electron chi connectivity index (χ3n) is 4.26. The number of sulfone groups is 1. The summed E-state index contributed by atoms with van der Waals surface area (Å²) in [6, 6.07) is 13.7. The van der Waals surface area contributed by atoms with Crippen LogP contribution in [0.3, 0.4) is 0 Å². The summed E-state index contributed by atoms with van der Waals surface area (Å²) >= 11 is 1.22. The van der Waals surface area contributed by atoms with E-state index in [2.05, 4.69) is 11.6 Å². The molecule has 1 heterocycles. The molecule has 0 saturated carbocycles. The fourth-order valence-electron chi connectivity index (χ4n) is 2.98. The highest BCUT2D eigenvalue weighted by Crippen LogP contribution is 2.20. The fraction of sp³-hybridized carbons (Fsp3) is 0.238. The quantitative estimate of drug-likeness (QED) is 0.508. The molecule has 3 rings (SSSR count). The van der Waals surface area contributed by atoms with E-state index in [4.69, 9.17) is 0 Å². The molecule has 3 aromatic rings. The Balaban J connectivity index is 1.70. The number of rotatable bonds is 8. The molecule has 1 aromatic heterocycles. The van der Waals surface area contributed by atoms with Crippen LogP contribution in [0.1, 0.15) is 18.4 Å². The number of benzene rings is 2. The molecule has 0 aliphatic heterocycles. The van der Waals surface area contributed by atoms with Crippen LogP contribution in [0.5, 0.6) is 0 Å². The van der Waals surface area contributed by atoms with Crippen LogP contribution in [0.4, 0.5) is 4.39 Å². The van der Waals surface area contributed by atoms with E-state index >= 15 is 0 Å². The molecule has 0 radical (unpaired) electrons. The summed E-state index contributed by atoms with van der Waals surface area (Å²) < 4.78 is 41.0. The average Bonchev–Trinajstić information content (AvgIpc) is 3.00. The van der Waals surface area contributed by atoms with E-state index in [1.54, 1.807) is 47.0 Å². The number of fused-ring (bicyclic) bond motifs is 1. The topological polar surface area (TPSA) is 68.5 Å². The van der Waals surface area contributed by atoms with Gasteiger partial charge in [0.2, 0.25) is 5.91 Å². The lowest BCUT2D eigenvalue weighted by Crippen LogP contribution is -2.17. The second kappa shape index (κ2) is 9.28. The number of hydrogen-bond donors (Lipinski definition) is 0. The number of aromatic nitrogens is 1. The average molecular weight is 433 g/mol. The number of para-hydroxylation sites is 1. The van der Waals surface area contributed by atoms with Gasteiger partial charge in [-0.1, -0.05) is 53.8 Å². The van der Waals surface area contributed by atoms with E-state index in [0.717, 1.165) is 5.56 Å². The predicted molar refractivity (Wildman–Crippen MR) is 114 cm³/mol. The normalized spacial score (nSPS) is 12.4. The van der Waals surface area contributed by atoms with Crippen molar-refractivity contribution in [1.29, 1.82) is 0 Å². The van der Waals surface area contributed by atoms with Crippen molar-refractivity contribution in [2.45, 2.75) is 25.1 Å². The molecule has 0 bridgehead atoms. The van der Waals surface area contributed by atoms with Crippen LogP contribution < -0.4 is 4.80 Å². The van der Waals surface area contributed by atoms with Gasteiger partial charge in [0.1, 0.15) is 5.82 Å². The zero-order valence-corrected chi connectivity index (χ0v) is 17.4. The number of amides is 1. The van der Waals surface area contributed by atoms with Crippen LogP contribution in [-0.2, 0) is 26.9 Å². The molecule has 2 aromatic carbocycles. The lowest BCUT2D eigenvalue weighted by Gasteiger charge is -2.04. The Kier molecular flexibility index (Phi) is 6.76. The van der Waals surface area contributed by atoms with Crippen molar-refractivity contribution in [2.24, 2.45) is 4.99 Å². The summed E-state index contributed by atoms with van der Waals surface area (Å²) in [6.07, 6.45) is 1.81. The van der Waals surface area contributed by atoms with E-state index in [1.807, 2.05) is 6.07 Å². The summed E-state index contributed by atoms with van der Waals surface area (Å²) in [4.78, 5) is 16.8. The van der Waals surface area contributed by atoms with Crippen molar-refractivity contribution in [3.63, 3.8) is 0 Å². The number of nitrogens with zero attached hydrogens (tertiary/aromatic N) is 2. The Morgan fingerprint density at radius 3 is 2.66 bits per heavy atom.